The zero-order valence-electron chi connectivity index (χ0n) is 9.11. The molecule has 4 heteroatoms. The van der Waals surface area contributed by atoms with E-state index in [0.717, 1.165) is 24.5 Å². The quantitative estimate of drug-likeness (QED) is 0.536. The van der Waals surface area contributed by atoms with Crippen molar-refractivity contribution >= 4 is 0 Å². The molecule has 2 aliphatic rings. The van der Waals surface area contributed by atoms with Gasteiger partial charge < -0.3 is 15.7 Å². The summed E-state index contributed by atoms with van der Waals surface area (Å²) in [6, 6.07) is 0. The second kappa shape index (κ2) is 3.54. The van der Waals surface area contributed by atoms with Crippen molar-refractivity contribution in [1.29, 1.82) is 0 Å². The molecule has 0 spiro atoms. The van der Waals surface area contributed by atoms with E-state index >= 15 is 0 Å². The van der Waals surface area contributed by atoms with E-state index in [0.29, 0.717) is 0 Å². The van der Waals surface area contributed by atoms with E-state index in [1.54, 1.807) is 12.2 Å². The molecule has 5 N–H and O–H groups in total. The van der Waals surface area contributed by atoms with Gasteiger partial charge in [0.25, 0.3) is 0 Å². The summed E-state index contributed by atoms with van der Waals surface area (Å²) < 4.78 is 0. The Morgan fingerprint density at radius 2 is 2.07 bits per heavy atom. The molecule has 84 valence electrons. The minimum Gasteiger partial charge on any atom is -0.397 e. The molecule has 2 atom stereocenters. The lowest BCUT2D eigenvalue weighted by Gasteiger charge is -2.37. The second-order valence-corrected chi connectivity index (χ2v) is 4.48. The molecule has 1 aliphatic carbocycles. The fraction of sp³-hybridized carbons (Fsp3) is 0.636. The van der Waals surface area contributed by atoms with Gasteiger partial charge in [-0.25, -0.2) is 0 Å². The van der Waals surface area contributed by atoms with Crippen LogP contribution in [0.15, 0.2) is 23.5 Å². The monoisotopic (exact) mass is 209 g/mol. The number of allylic oxidation sites excluding steroid dienone is 1. The maximum atomic E-state index is 9.97. The SMILES string of the molecule is CC1C(N2CCCC2)=C(N)C=CC1(N)O. The third-order valence-corrected chi connectivity index (χ3v) is 3.38. The molecule has 0 radical (unpaired) electrons. The highest BCUT2D eigenvalue weighted by Crippen LogP contribution is 2.32. The van der Waals surface area contributed by atoms with Crippen LogP contribution < -0.4 is 11.5 Å². The molecule has 0 aromatic carbocycles. The number of hydrogen-bond donors (Lipinski definition) is 3. The summed E-state index contributed by atoms with van der Waals surface area (Å²) in [5.74, 6) is -0.138. The van der Waals surface area contributed by atoms with Crippen LogP contribution in [0.25, 0.3) is 0 Å². The van der Waals surface area contributed by atoms with Crippen molar-refractivity contribution in [2.24, 2.45) is 17.4 Å². The third-order valence-electron chi connectivity index (χ3n) is 3.38. The molecule has 2 rings (SSSR count). The Kier molecular flexibility index (Phi) is 2.48. The van der Waals surface area contributed by atoms with Crippen molar-refractivity contribution in [2.45, 2.75) is 25.5 Å². The summed E-state index contributed by atoms with van der Waals surface area (Å²) in [7, 11) is 0. The minimum atomic E-state index is -1.26. The molecule has 0 aromatic heterocycles. The molecule has 15 heavy (non-hydrogen) atoms. The molecule has 1 saturated heterocycles. The van der Waals surface area contributed by atoms with Gasteiger partial charge >= 0.3 is 0 Å². The Labute approximate surface area is 90.2 Å². The highest BCUT2D eigenvalue weighted by Gasteiger charge is 2.36. The Balaban J connectivity index is 2.30. The number of nitrogens with zero attached hydrogens (tertiary/aromatic N) is 1. The van der Waals surface area contributed by atoms with E-state index in [-0.39, 0.29) is 5.92 Å². The first-order valence-electron chi connectivity index (χ1n) is 5.47. The minimum absolute atomic E-state index is 0.138. The first-order valence-corrected chi connectivity index (χ1v) is 5.47. The molecule has 0 aromatic rings. The Morgan fingerprint density at radius 3 is 2.67 bits per heavy atom. The van der Waals surface area contributed by atoms with Crippen LogP contribution in [-0.2, 0) is 0 Å². The van der Waals surface area contributed by atoms with Gasteiger partial charge in [0.1, 0.15) is 5.72 Å². The number of nitrogens with two attached hydrogens (primary N) is 2. The van der Waals surface area contributed by atoms with Gasteiger partial charge in [0.2, 0.25) is 0 Å². The molecule has 0 amide bonds. The van der Waals surface area contributed by atoms with Gasteiger partial charge in [-0.1, -0.05) is 6.92 Å². The highest BCUT2D eigenvalue weighted by atomic mass is 16.3. The van der Waals surface area contributed by atoms with Crippen LogP contribution in [0.2, 0.25) is 0 Å². The van der Waals surface area contributed by atoms with Crippen LogP contribution in [0.1, 0.15) is 19.8 Å². The third kappa shape index (κ3) is 1.75. The van der Waals surface area contributed by atoms with Crippen molar-refractivity contribution in [2.75, 3.05) is 13.1 Å². The van der Waals surface area contributed by atoms with Crippen LogP contribution >= 0.6 is 0 Å². The number of aliphatic hydroxyl groups is 1. The highest BCUT2D eigenvalue weighted by molar-refractivity contribution is 5.33. The molecular formula is C11H19N3O. The molecule has 1 fully saturated rings. The van der Waals surface area contributed by atoms with Gasteiger partial charge in [0.05, 0.1) is 5.70 Å². The molecule has 0 bridgehead atoms. The smallest absolute Gasteiger partial charge is 0.141 e. The first-order chi connectivity index (χ1) is 7.02. The van der Waals surface area contributed by atoms with Crippen LogP contribution in [0.3, 0.4) is 0 Å². The summed E-state index contributed by atoms with van der Waals surface area (Å²) in [5, 5.41) is 9.97. The summed E-state index contributed by atoms with van der Waals surface area (Å²) in [5.41, 5.74) is 12.2. The van der Waals surface area contributed by atoms with E-state index in [2.05, 4.69) is 4.90 Å². The predicted molar refractivity (Wildman–Crippen MR) is 59.5 cm³/mol. The lowest BCUT2D eigenvalue weighted by atomic mass is 9.88. The molecule has 1 aliphatic heterocycles. The number of hydrogen-bond acceptors (Lipinski definition) is 4. The fourth-order valence-electron chi connectivity index (χ4n) is 2.34. The van der Waals surface area contributed by atoms with Crippen LogP contribution in [0, 0.1) is 5.92 Å². The normalized spacial score (nSPS) is 36.5. The van der Waals surface area contributed by atoms with Crippen molar-refractivity contribution in [3.05, 3.63) is 23.5 Å². The average Bonchev–Trinajstić information content (AvgIpc) is 2.66. The van der Waals surface area contributed by atoms with Gasteiger partial charge in [-0.15, -0.1) is 0 Å². The van der Waals surface area contributed by atoms with E-state index in [1.807, 2.05) is 6.92 Å². The van der Waals surface area contributed by atoms with Crippen LogP contribution in [0.5, 0.6) is 0 Å². The van der Waals surface area contributed by atoms with Crippen molar-refractivity contribution < 1.29 is 5.11 Å². The van der Waals surface area contributed by atoms with Gasteiger partial charge in [0, 0.05) is 24.7 Å². The zero-order chi connectivity index (χ0) is 11.1. The Bertz CT molecular complexity index is 314. The van der Waals surface area contributed by atoms with Gasteiger partial charge in [-0.2, -0.15) is 0 Å². The summed E-state index contributed by atoms with van der Waals surface area (Å²) >= 11 is 0. The van der Waals surface area contributed by atoms with E-state index < -0.39 is 5.72 Å². The standard InChI is InChI=1S/C11H19N3O/c1-8-10(14-6-2-3-7-14)9(12)4-5-11(8,13)15/h4-5,8,15H,2-3,6-7,12-13H2,1H3. The predicted octanol–water partition coefficient (Wildman–Crippen LogP) is 0.106. The first kappa shape index (κ1) is 10.5. The molecular weight excluding hydrogens is 190 g/mol. The summed E-state index contributed by atoms with van der Waals surface area (Å²) in [6.07, 6.45) is 5.67. The van der Waals surface area contributed by atoms with Crippen molar-refractivity contribution in [1.82, 2.24) is 4.90 Å². The Morgan fingerprint density at radius 1 is 1.47 bits per heavy atom. The Hall–Kier alpha value is -1.00. The topological polar surface area (TPSA) is 75.5 Å². The van der Waals surface area contributed by atoms with E-state index in [4.69, 9.17) is 11.5 Å². The maximum absolute atomic E-state index is 9.97. The zero-order valence-corrected chi connectivity index (χ0v) is 9.11. The maximum Gasteiger partial charge on any atom is 0.141 e. The van der Waals surface area contributed by atoms with E-state index in [9.17, 15) is 5.11 Å². The lowest BCUT2D eigenvalue weighted by molar-refractivity contribution is 0.0431. The van der Waals surface area contributed by atoms with Crippen molar-refractivity contribution in [3.8, 4) is 0 Å². The molecule has 2 unspecified atom stereocenters. The van der Waals surface area contributed by atoms with Gasteiger partial charge in [-0.3, -0.25) is 5.73 Å². The van der Waals surface area contributed by atoms with E-state index in [1.165, 1.54) is 12.8 Å². The van der Waals surface area contributed by atoms with Gasteiger partial charge in [0.15, 0.2) is 0 Å². The van der Waals surface area contributed by atoms with Crippen LogP contribution in [-0.4, -0.2) is 28.8 Å². The molecule has 4 nitrogen and oxygen atoms in total. The number of rotatable bonds is 1. The van der Waals surface area contributed by atoms with Gasteiger partial charge in [-0.05, 0) is 25.0 Å². The molecule has 0 saturated carbocycles. The lowest BCUT2D eigenvalue weighted by Crippen LogP contribution is -2.49. The second-order valence-electron chi connectivity index (χ2n) is 4.48. The largest absolute Gasteiger partial charge is 0.397 e. The fourth-order valence-corrected chi connectivity index (χ4v) is 2.34. The number of likely N-dealkylation sites (tertiary alicyclic amines) is 1. The van der Waals surface area contributed by atoms with Crippen LogP contribution in [0.4, 0.5) is 0 Å². The summed E-state index contributed by atoms with van der Waals surface area (Å²) in [6.45, 7) is 3.96. The average molecular weight is 209 g/mol. The molecule has 1 heterocycles. The van der Waals surface area contributed by atoms with Crippen molar-refractivity contribution in [3.63, 3.8) is 0 Å². The summed E-state index contributed by atoms with van der Waals surface area (Å²) in [4.78, 5) is 2.24.